The maximum absolute atomic E-state index is 12.3. The first-order valence-electron chi connectivity index (χ1n) is 3.39. The zero-order chi connectivity index (χ0) is 8.70. The van der Waals surface area contributed by atoms with Crippen molar-refractivity contribution < 1.29 is 13.6 Å². The Hall–Kier alpha value is -0.180. The number of carbonyl (C=O) groups is 1. The summed E-state index contributed by atoms with van der Waals surface area (Å²) in [5.74, 6) is -2.57. The number of hydrogen-bond acceptors (Lipinski definition) is 1. The lowest BCUT2D eigenvalue weighted by molar-refractivity contribution is -0.158. The minimum atomic E-state index is -2.57. The summed E-state index contributed by atoms with van der Waals surface area (Å²) in [4.78, 5) is 10.4. The van der Waals surface area contributed by atoms with E-state index < -0.39 is 16.6 Å². The van der Waals surface area contributed by atoms with Gasteiger partial charge in [0.1, 0.15) is 0 Å². The second-order valence-electron chi connectivity index (χ2n) is 3.55. The van der Waals surface area contributed by atoms with E-state index in [4.69, 9.17) is 11.6 Å². The van der Waals surface area contributed by atoms with Crippen LogP contribution in [-0.4, -0.2) is 11.2 Å². The van der Waals surface area contributed by atoms with Gasteiger partial charge in [0.25, 0.3) is 0 Å². The Morgan fingerprint density at radius 1 is 1.55 bits per heavy atom. The Kier molecular flexibility index (Phi) is 1.95. The van der Waals surface area contributed by atoms with Crippen molar-refractivity contribution in [3.05, 3.63) is 0 Å². The number of halogens is 3. The van der Waals surface area contributed by atoms with Gasteiger partial charge in [0.05, 0.1) is 0 Å². The normalized spacial score (nSPS) is 25.8. The van der Waals surface area contributed by atoms with Crippen molar-refractivity contribution in [2.45, 2.75) is 32.1 Å². The van der Waals surface area contributed by atoms with Gasteiger partial charge in [-0.25, -0.2) is 8.78 Å². The van der Waals surface area contributed by atoms with Crippen LogP contribution in [0.3, 0.4) is 0 Å². The molecule has 4 heteroatoms. The molecular weight excluding hydrogens is 174 g/mol. The zero-order valence-electron chi connectivity index (χ0n) is 6.16. The van der Waals surface area contributed by atoms with Crippen LogP contribution in [0.5, 0.6) is 0 Å². The average Bonchev–Trinajstić information content (AvgIpc) is 1.52. The Labute approximate surface area is 68.7 Å². The van der Waals surface area contributed by atoms with Crippen molar-refractivity contribution >= 4 is 16.8 Å². The van der Waals surface area contributed by atoms with Crippen LogP contribution < -0.4 is 0 Å². The fourth-order valence-corrected chi connectivity index (χ4v) is 1.98. The summed E-state index contributed by atoms with van der Waals surface area (Å²) < 4.78 is 24.7. The van der Waals surface area contributed by atoms with Crippen LogP contribution >= 0.6 is 11.6 Å². The fourth-order valence-electron chi connectivity index (χ4n) is 1.66. The van der Waals surface area contributed by atoms with E-state index >= 15 is 0 Å². The van der Waals surface area contributed by atoms with Gasteiger partial charge in [0.15, 0.2) is 0 Å². The van der Waals surface area contributed by atoms with Gasteiger partial charge in [0, 0.05) is 19.3 Å². The van der Waals surface area contributed by atoms with Crippen LogP contribution in [0.15, 0.2) is 0 Å². The topological polar surface area (TPSA) is 17.1 Å². The van der Waals surface area contributed by atoms with Crippen molar-refractivity contribution in [3.63, 3.8) is 0 Å². The summed E-state index contributed by atoms with van der Waals surface area (Å²) in [6, 6.07) is 0. The summed E-state index contributed by atoms with van der Waals surface area (Å²) in [5.41, 5.74) is -0.553. The molecule has 1 nitrogen and oxygen atoms in total. The van der Waals surface area contributed by atoms with Gasteiger partial charge in [-0.05, 0) is 17.0 Å². The molecular formula is C7H9ClF2O. The summed E-state index contributed by atoms with van der Waals surface area (Å²) in [5, 5.41) is -0.525. The summed E-state index contributed by atoms with van der Waals surface area (Å²) in [6.07, 6.45) is -0.360. The number of rotatable bonds is 2. The predicted octanol–water partition coefficient (Wildman–Crippen LogP) is 2.58. The van der Waals surface area contributed by atoms with Crippen molar-refractivity contribution in [2.75, 3.05) is 0 Å². The molecule has 0 saturated heterocycles. The van der Waals surface area contributed by atoms with Crippen molar-refractivity contribution in [1.82, 2.24) is 0 Å². The Bertz CT molecular complexity index is 183. The first kappa shape index (κ1) is 8.91. The largest absolute Gasteiger partial charge is 0.281 e. The van der Waals surface area contributed by atoms with Gasteiger partial charge in [-0.3, -0.25) is 4.79 Å². The third-order valence-corrected chi connectivity index (χ3v) is 2.07. The first-order valence-corrected chi connectivity index (χ1v) is 3.77. The van der Waals surface area contributed by atoms with Gasteiger partial charge in [-0.2, -0.15) is 0 Å². The lowest BCUT2D eigenvalue weighted by Crippen LogP contribution is -2.44. The van der Waals surface area contributed by atoms with Crippen molar-refractivity contribution in [1.29, 1.82) is 0 Å². The zero-order valence-corrected chi connectivity index (χ0v) is 6.92. The van der Waals surface area contributed by atoms with Crippen LogP contribution in [0.2, 0.25) is 0 Å². The molecule has 0 heterocycles. The maximum atomic E-state index is 12.3. The van der Waals surface area contributed by atoms with Crippen molar-refractivity contribution in [3.8, 4) is 0 Å². The highest BCUT2D eigenvalue weighted by atomic mass is 35.5. The van der Waals surface area contributed by atoms with Gasteiger partial charge >= 0.3 is 0 Å². The molecule has 64 valence electrons. The van der Waals surface area contributed by atoms with Crippen LogP contribution in [0.1, 0.15) is 26.2 Å². The molecule has 11 heavy (non-hydrogen) atoms. The lowest BCUT2D eigenvalue weighted by Gasteiger charge is -2.44. The molecule has 0 aromatic carbocycles. The third kappa shape index (κ3) is 2.12. The molecule has 1 aliphatic rings. The predicted molar refractivity (Wildman–Crippen MR) is 37.8 cm³/mol. The van der Waals surface area contributed by atoms with Gasteiger partial charge < -0.3 is 0 Å². The molecule has 1 rings (SSSR count). The molecule has 0 N–H and O–H groups in total. The number of alkyl halides is 2. The van der Waals surface area contributed by atoms with E-state index in [1.165, 1.54) is 0 Å². The van der Waals surface area contributed by atoms with E-state index in [-0.39, 0.29) is 19.3 Å². The molecule has 0 spiro atoms. The molecule has 1 saturated carbocycles. The van der Waals surface area contributed by atoms with Gasteiger partial charge in [-0.15, -0.1) is 0 Å². The standard InChI is InChI=1S/C7H9ClF2O/c1-6(2-5(8)11)3-7(9,10)4-6/h2-4H2,1H3. The van der Waals surface area contributed by atoms with Gasteiger partial charge in [-0.1, -0.05) is 6.92 Å². The smallest absolute Gasteiger partial charge is 0.249 e. The molecule has 1 fully saturated rings. The number of hydrogen-bond donors (Lipinski definition) is 0. The third-order valence-electron chi connectivity index (χ3n) is 1.94. The minimum Gasteiger partial charge on any atom is -0.281 e. The van der Waals surface area contributed by atoms with Crippen LogP contribution in [0.4, 0.5) is 8.78 Å². The van der Waals surface area contributed by atoms with Gasteiger partial charge in [0.2, 0.25) is 11.2 Å². The molecule has 0 aromatic heterocycles. The lowest BCUT2D eigenvalue weighted by atomic mass is 9.66. The summed E-state index contributed by atoms with van der Waals surface area (Å²) >= 11 is 5.08. The fraction of sp³-hybridized carbons (Fsp3) is 0.857. The van der Waals surface area contributed by atoms with E-state index in [1.807, 2.05) is 0 Å². The summed E-state index contributed by atoms with van der Waals surface area (Å²) in [6.45, 7) is 1.66. The Morgan fingerprint density at radius 2 is 2.00 bits per heavy atom. The highest BCUT2D eigenvalue weighted by Gasteiger charge is 2.53. The molecule has 0 radical (unpaired) electrons. The van der Waals surface area contributed by atoms with E-state index in [9.17, 15) is 13.6 Å². The molecule has 1 aliphatic carbocycles. The minimum absolute atomic E-state index is 0.0597. The average molecular weight is 183 g/mol. The second kappa shape index (κ2) is 2.41. The van der Waals surface area contributed by atoms with Crippen LogP contribution in [-0.2, 0) is 4.79 Å². The van der Waals surface area contributed by atoms with E-state index in [0.717, 1.165) is 0 Å². The van der Waals surface area contributed by atoms with E-state index in [2.05, 4.69) is 0 Å². The highest BCUT2D eigenvalue weighted by molar-refractivity contribution is 6.63. The molecule has 0 unspecified atom stereocenters. The van der Waals surface area contributed by atoms with E-state index in [1.54, 1.807) is 6.92 Å². The highest BCUT2D eigenvalue weighted by Crippen LogP contribution is 2.53. The number of carbonyl (C=O) groups excluding carboxylic acids is 1. The molecule has 0 aliphatic heterocycles. The molecule has 0 bridgehead atoms. The maximum Gasteiger partial charge on any atom is 0.249 e. The Morgan fingerprint density at radius 3 is 2.27 bits per heavy atom. The Balaban J connectivity index is 2.43. The quantitative estimate of drug-likeness (QED) is 0.600. The second-order valence-corrected chi connectivity index (χ2v) is 3.97. The molecule has 0 amide bonds. The van der Waals surface area contributed by atoms with Crippen molar-refractivity contribution in [2.24, 2.45) is 5.41 Å². The van der Waals surface area contributed by atoms with Crippen LogP contribution in [0.25, 0.3) is 0 Å². The van der Waals surface area contributed by atoms with E-state index in [0.29, 0.717) is 0 Å². The van der Waals surface area contributed by atoms with Crippen LogP contribution in [0, 0.1) is 5.41 Å². The molecule has 0 aromatic rings. The SMILES string of the molecule is CC1(CC(=O)Cl)CC(F)(F)C1. The summed E-state index contributed by atoms with van der Waals surface area (Å²) in [7, 11) is 0. The first-order chi connectivity index (χ1) is 4.83. The molecule has 0 atom stereocenters. The monoisotopic (exact) mass is 182 g/mol.